The Labute approximate surface area is 141 Å². The van der Waals surface area contributed by atoms with Crippen LogP contribution in [0.4, 0.5) is 0 Å². The van der Waals surface area contributed by atoms with Gasteiger partial charge in [-0.05, 0) is 24.5 Å². The zero-order chi connectivity index (χ0) is 14.2. The van der Waals surface area contributed by atoms with Gasteiger partial charge in [-0.1, -0.05) is 105 Å². The van der Waals surface area contributed by atoms with Gasteiger partial charge in [0, 0.05) is 0 Å². The molecule has 0 saturated carbocycles. The van der Waals surface area contributed by atoms with E-state index in [1.54, 1.807) is 24.3 Å². The Kier molecular flexibility index (Phi) is 5.70. The molecule has 0 amide bonds. The zero-order valence-electron chi connectivity index (χ0n) is 8.87. The lowest BCUT2D eigenvalue weighted by Crippen LogP contribution is -2.45. The van der Waals surface area contributed by atoms with E-state index < -0.39 is 12.5 Å². The largest absolute Gasteiger partial charge is 0.226 e. The lowest BCUT2D eigenvalue weighted by atomic mass is 10.1. The van der Waals surface area contributed by atoms with Crippen molar-refractivity contribution in [2.24, 2.45) is 0 Å². The SMILES string of the molecule is [CH2]Cc1ccc(C(Cl)(Cl)C(Cl)(Cl)C(Cl)(Cl)Cl)cc1. The minimum absolute atomic E-state index is 0.430. The third-order valence-electron chi connectivity index (χ3n) is 2.36. The van der Waals surface area contributed by atoms with Crippen LogP contribution >= 0.6 is 81.2 Å². The molecule has 0 aliphatic carbocycles. The molecule has 1 aromatic rings. The molecule has 0 atom stereocenters. The molecular weight excluding hydrogens is 380 g/mol. The highest BCUT2D eigenvalue weighted by atomic mass is 35.6. The predicted octanol–water partition coefficient (Wildman–Crippen LogP) is 6.24. The molecule has 0 nitrogen and oxygen atoms in total. The summed E-state index contributed by atoms with van der Waals surface area (Å²) in [5.74, 6) is 0. The van der Waals surface area contributed by atoms with Crippen molar-refractivity contribution in [3.63, 3.8) is 0 Å². The van der Waals surface area contributed by atoms with Crippen LogP contribution in [0.1, 0.15) is 11.1 Å². The maximum atomic E-state index is 6.17. The first kappa shape index (κ1) is 17.3. The number of hydrogen-bond donors (Lipinski definition) is 0. The van der Waals surface area contributed by atoms with Gasteiger partial charge in [0.2, 0.25) is 8.13 Å². The molecule has 0 heterocycles. The van der Waals surface area contributed by atoms with Crippen molar-refractivity contribution in [3.8, 4) is 0 Å². The minimum Gasteiger partial charge on any atom is -0.0930 e. The smallest absolute Gasteiger partial charge is 0.0930 e. The number of hydrogen-bond acceptors (Lipinski definition) is 0. The predicted molar refractivity (Wildman–Crippen MR) is 83.6 cm³/mol. The summed E-state index contributed by atoms with van der Waals surface area (Å²) >= 11 is 41.5. The Bertz CT molecular complexity index is 402. The molecule has 0 spiro atoms. The van der Waals surface area contributed by atoms with E-state index in [9.17, 15) is 0 Å². The molecule has 0 aliphatic rings. The summed E-state index contributed by atoms with van der Waals surface area (Å²) in [6, 6.07) is 6.92. The third-order valence-corrected chi connectivity index (χ3v) is 6.31. The topological polar surface area (TPSA) is 0 Å². The zero-order valence-corrected chi connectivity index (χ0v) is 14.2. The van der Waals surface area contributed by atoms with Crippen molar-refractivity contribution >= 4 is 81.2 Å². The Morgan fingerprint density at radius 1 is 0.833 bits per heavy atom. The van der Waals surface area contributed by atoms with Gasteiger partial charge >= 0.3 is 0 Å². The number of halogens is 7. The van der Waals surface area contributed by atoms with Crippen LogP contribution in [0.5, 0.6) is 0 Å². The van der Waals surface area contributed by atoms with Gasteiger partial charge < -0.3 is 0 Å². The average Bonchev–Trinajstić information content (AvgIpc) is 2.27. The van der Waals surface area contributed by atoms with Crippen LogP contribution in [-0.2, 0) is 10.8 Å². The van der Waals surface area contributed by atoms with Gasteiger partial charge in [0.25, 0.3) is 0 Å². The second kappa shape index (κ2) is 5.93. The molecule has 0 saturated heterocycles. The summed E-state index contributed by atoms with van der Waals surface area (Å²) in [6.07, 6.45) is 0.634. The van der Waals surface area contributed by atoms with E-state index >= 15 is 0 Å². The summed E-state index contributed by atoms with van der Waals surface area (Å²) in [6.45, 7) is 3.75. The van der Waals surface area contributed by atoms with E-state index in [1.165, 1.54) is 0 Å². The molecule has 0 aromatic heterocycles. The van der Waals surface area contributed by atoms with Crippen LogP contribution < -0.4 is 0 Å². The summed E-state index contributed by atoms with van der Waals surface area (Å²) in [5.41, 5.74) is 1.44. The highest BCUT2D eigenvalue weighted by molar-refractivity contribution is 6.78. The summed E-state index contributed by atoms with van der Waals surface area (Å²) in [4.78, 5) is 0. The number of rotatable bonds is 3. The molecule has 101 valence electrons. The molecule has 1 aromatic carbocycles. The molecule has 0 fully saturated rings. The van der Waals surface area contributed by atoms with Gasteiger partial charge in [-0.15, -0.1) is 0 Å². The molecule has 1 rings (SSSR count). The van der Waals surface area contributed by atoms with Gasteiger partial charge in [-0.25, -0.2) is 0 Å². The maximum absolute atomic E-state index is 6.17. The van der Waals surface area contributed by atoms with Crippen LogP contribution in [0.25, 0.3) is 0 Å². The molecule has 18 heavy (non-hydrogen) atoms. The quantitative estimate of drug-likeness (QED) is 0.538. The number of alkyl halides is 7. The molecule has 0 N–H and O–H groups in total. The van der Waals surface area contributed by atoms with E-state index in [2.05, 4.69) is 6.92 Å². The average molecular weight is 388 g/mol. The highest BCUT2D eigenvalue weighted by Crippen LogP contribution is 2.60. The first-order valence-electron chi connectivity index (χ1n) is 4.75. The van der Waals surface area contributed by atoms with E-state index in [-0.39, 0.29) is 0 Å². The Morgan fingerprint density at radius 2 is 1.28 bits per heavy atom. The fourth-order valence-corrected chi connectivity index (χ4v) is 2.71. The van der Waals surface area contributed by atoms with Crippen molar-refractivity contribution in [2.75, 3.05) is 0 Å². The van der Waals surface area contributed by atoms with E-state index in [0.29, 0.717) is 12.0 Å². The van der Waals surface area contributed by atoms with Crippen LogP contribution in [0.2, 0.25) is 0 Å². The summed E-state index contributed by atoms with van der Waals surface area (Å²) < 4.78 is -5.84. The molecule has 7 heteroatoms. The van der Waals surface area contributed by atoms with Gasteiger partial charge in [0.05, 0.1) is 0 Å². The lowest BCUT2D eigenvalue weighted by molar-refractivity contribution is 0.698. The van der Waals surface area contributed by atoms with Crippen molar-refractivity contribution in [2.45, 2.75) is 18.9 Å². The van der Waals surface area contributed by atoms with Crippen LogP contribution in [0.3, 0.4) is 0 Å². The molecular formula is C11H8Cl7. The maximum Gasteiger partial charge on any atom is 0.226 e. The van der Waals surface area contributed by atoms with E-state index in [0.717, 1.165) is 5.56 Å². The van der Waals surface area contributed by atoms with Gasteiger partial charge in [0.1, 0.15) is 0 Å². The molecule has 0 bridgehead atoms. The third kappa shape index (κ3) is 3.28. The van der Waals surface area contributed by atoms with Crippen LogP contribution in [0, 0.1) is 6.92 Å². The molecule has 0 aliphatic heterocycles. The van der Waals surface area contributed by atoms with Crippen molar-refractivity contribution in [1.82, 2.24) is 0 Å². The fraction of sp³-hybridized carbons (Fsp3) is 0.364. The van der Waals surface area contributed by atoms with Gasteiger partial charge in [0.15, 0.2) is 4.33 Å². The van der Waals surface area contributed by atoms with E-state index in [4.69, 9.17) is 81.2 Å². The molecule has 0 unspecified atom stereocenters. The van der Waals surface area contributed by atoms with Gasteiger partial charge in [-0.3, -0.25) is 0 Å². The second-order valence-electron chi connectivity index (χ2n) is 3.59. The normalized spacial score (nSPS) is 13.8. The Balaban J connectivity index is 3.19. The van der Waals surface area contributed by atoms with Crippen LogP contribution in [0.15, 0.2) is 24.3 Å². The monoisotopic (exact) mass is 385 g/mol. The van der Waals surface area contributed by atoms with Crippen LogP contribution in [-0.4, -0.2) is 8.13 Å². The second-order valence-corrected chi connectivity index (χ2v) is 8.53. The van der Waals surface area contributed by atoms with E-state index in [1.807, 2.05) is 0 Å². The first-order chi connectivity index (χ1) is 8.04. The van der Waals surface area contributed by atoms with Gasteiger partial charge in [-0.2, -0.15) is 0 Å². The fourth-order valence-electron chi connectivity index (χ4n) is 1.24. The summed E-state index contributed by atoms with van der Waals surface area (Å²) in [7, 11) is 0. The van der Waals surface area contributed by atoms with Crippen molar-refractivity contribution < 1.29 is 0 Å². The van der Waals surface area contributed by atoms with Crippen molar-refractivity contribution in [3.05, 3.63) is 42.3 Å². The summed E-state index contributed by atoms with van der Waals surface area (Å²) in [5, 5.41) is 0. The first-order valence-corrected chi connectivity index (χ1v) is 7.39. The van der Waals surface area contributed by atoms with Crippen molar-refractivity contribution in [1.29, 1.82) is 0 Å². The standard InChI is InChI=1S/C11H8Cl7/c1-2-7-3-5-8(6-4-7)9(12,13)10(14,15)11(16,17)18/h3-6H,1-2H2. The number of benzene rings is 1. The lowest BCUT2D eigenvalue weighted by Gasteiger charge is -2.37. The molecule has 1 radical (unpaired) electrons. The highest BCUT2D eigenvalue weighted by Gasteiger charge is 2.60. The minimum atomic E-state index is -2.05. The Hall–Kier alpha value is 1.25. The Morgan fingerprint density at radius 3 is 1.61 bits per heavy atom.